The monoisotopic (exact) mass is 229 g/mol. The molecular weight excluding hydrogens is 202 g/mol. The van der Waals surface area contributed by atoms with Crippen molar-refractivity contribution in [2.45, 2.75) is 58.5 Å². The van der Waals surface area contributed by atoms with E-state index in [9.17, 15) is 5.11 Å². The number of aliphatic hydroxyl groups is 1. The molecule has 6 N–H and O–H groups in total. The largest absolute Gasteiger partial charge is 0.412 e. The Balaban J connectivity index is 0.000000640. The molecule has 4 aliphatic rings. The highest BCUT2D eigenvalue weighted by Crippen LogP contribution is 2.69. The van der Waals surface area contributed by atoms with E-state index in [4.69, 9.17) is 0 Å². The molecule has 2 atom stereocenters. The van der Waals surface area contributed by atoms with Crippen LogP contribution in [-0.4, -0.2) is 16.2 Å². The topological polar surface area (TPSA) is 86.7 Å². The quantitative estimate of drug-likeness (QED) is 0.667. The van der Waals surface area contributed by atoms with Gasteiger partial charge in [0.25, 0.3) is 0 Å². The van der Waals surface area contributed by atoms with Crippen molar-refractivity contribution < 1.29 is 10.6 Å². The van der Waals surface area contributed by atoms with Crippen LogP contribution in [-0.2, 0) is 0 Å². The van der Waals surface area contributed by atoms with E-state index in [-0.39, 0.29) is 22.6 Å². The van der Waals surface area contributed by atoms with Gasteiger partial charge in [-0.3, -0.25) is 0 Å². The molecule has 0 aromatic carbocycles. The summed E-state index contributed by atoms with van der Waals surface area (Å²) in [5.41, 5.74) is 0.199. The Morgan fingerprint density at radius 2 is 1.38 bits per heavy atom. The van der Waals surface area contributed by atoms with Gasteiger partial charge in [-0.1, -0.05) is 20.8 Å². The molecule has 4 aliphatic carbocycles. The van der Waals surface area contributed by atoms with Crippen LogP contribution in [0.1, 0.15) is 52.9 Å². The van der Waals surface area contributed by atoms with Crippen molar-refractivity contribution in [1.29, 1.82) is 0 Å². The minimum atomic E-state index is -0.341. The molecule has 3 nitrogen and oxygen atoms in total. The summed E-state index contributed by atoms with van der Waals surface area (Å²) in [6.07, 6.45) is 6.27. The van der Waals surface area contributed by atoms with E-state index >= 15 is 0 Å². The second-order valence-corrected chi connectivity index (χ2v) is 7.00. The second-order valence-electron chi connectivity index (χ2n) is 7.00. The van der Waals surface area contributed by atoms with Crippen molar-refractivity contribution in [3.05, 3.63) is 0 Å². The Labute approximate surface area is 98.5 Å². The second kappa shape index (κ2) is 3.44. The smallest absolute Gasteiger partial charge is 0.0708 e. The van der Waals surface area contributed by atoms with Crippen LogP contribution in [0.4, 0.5) is 0 Å². The summed E-state index contributed by atoms with van der Waals surface area (Å²) in [6, 6.07) is 0. The summed E-state index contributed by atoms with van der Waals surface area (Å²) in [5, 5.41) is 10.8. The van der Waals surface area contributed by atoms with Gasteiger partial charge < -0.3 is 16.7 Å². The van der Waals surface area contributed by atoms with E-state index in [2.05, 4.69) is 20.8 Å². The predicted molar refractivity (Wildman–Crippen MR) is 65.5 cm³/mol. The third kappa shape index (κ3) is 1.31. The normalized spacial score (nSPS) is 51.8. The molecule has 4 bridgehead atoms. The van der Waals surface area contributed by atoms with Crippen LogP contribution in [0, 0.1) is 22.7 Å². The lowest BCUT2D eigenvalue weighted by Gasteiger charge is -2.68. The van der Waals surface area contributed by atoms with Gasteiger partial charge in [-0.25, -0.2) is 0 Å². The van der Waals surface area contributed by atoms with Crippen molar-refractivity contribution in [2.24, 2.45) is 22.7 Å². The first-order chi connectivity index (χ1) is 6.36. The van der Waals surface area contributed by atoms with Gasteiger partial charge >= 0.3 is 0 Å². The Hall–Kier alpha value is -0.120. The van der Waals surface area contributed by atoms with Crippen molar-refractivity contribution in [2.75, 3.05) is 0 Å². The summed E-state index contributed by atoms with van der Waals surface area (Å²) in [4.78, 5) is 0. The summed E-state index contributed by atoms with van der Waals surface area (Å²) >= 11 is 0. The summed E-state index contributed by atoms with van der Waals surface area (Å²) in [5.74, 6) is 1.65. The van der Waals surface area contributed by atoms with Crippen molar-refractivity contribution in [3.8, 4) is 0 Å². The van der Waals surface area contributed by atoms with E-state index in [0.29, 0.717) is 5.41 Å². The fourth-order valence-electron chi connectivity index (χ4n) is 4.93. The van der Waals surface area contributed by atoms with E-state index in [1.165, 1.54) is 19.3 Å². The van der Waals surface area contributed by atoms with Gasteiger partial charge in [0.15, 0.2) is 0 Å². The van der Waals surface area contributed by atoms with Gasteiger partial charge in [0, 0.05) is 0 Å². The molecule has 2 unspecified atom stereocenters. The predicted octanol–water partition coefficient (Wildman–Crippen LogP) is 2.31. The summed E-state index contributed by atoms with van der Waals surface area (Å²) in [6.45, 7) is 7.00. The molecule has 0 aliphatic heterocycles. The average molecular weight is 229 g/mol. The molecule has 3 heteroatoms. The van der Waals surface area contributed by atoms with Crippen LogP contribution >= 0.6 is 0 Å². The first kappa shape index (κ1) is 13.9. The van der Waals surface area contributed by atoms with Gasteiger partial charge in [0.1, 0.15) is 0 Å². The van der Waals surface area contributed by atoms with Crippen LogP contribution in [0.5, 0.6) is 0 Å². The zero-order valence-electron chi connectivity index (χ0n) is 10.8. The average Bonchev–Trinajstić information content (AvgIpc) is 1.98. The molecule has 16 heavy (non-hydrogen) atoms. The molecule has 4 rings (SSSR count). The molecule has 0 saturated heterocycles. The van der Waals surface area contributed by atoms with Gasteiger partial charge in [0.05, 0.1) is 5.60 Å². The number of hydrogen-bond acceptors (Lipinski definition) is 2. The van der Waals surface area contributed by atoms with Crippen molar-refractivity contribution in [1.82, 2.24) is 6.15 Å². The standard InChI is InChI=1S/C13H22O.H3N.H2O/c1-11(2)12(3)5-9-4-10(6-12)8-13(11,14)7-9;;/h9-10,14H,4-8H2,1-3H3;1H3;1H2. The first-order valence-electron chi connectivity index (χ1n) is 6.09. The van der Waals surface area contributed by atoms with Crippen molar-refractivity contribution in [3.63, 3.8) is 0 Å². The SMILES string of the molecule is CC12CC3CC(C1)CC(O)(C3)C2(C)C.N.O. The summed E-state index contributed by atoms with van der Waals surface area (Å²) in [7, 11) is 0. The highest BCUT2D eigenvalue weighted by atomic mass is 16.3. The lowest BCUT2D eigenvalue weighted by molar-refractivity contribution is -0.250. The Morgan fingerprint density at radius 1 is 0.938 bits per heavy atom. The lowest BCUT2D eigenvalue weighted by atomic mass is 9.38. The zero-order chi connectivity index (χ0) is 10.2. The minimum Gasteiger partial charge on any atom is -0.412 e. The highest BCUT2D eigenvalue weighted by molar-refractivity contribution is 5.15. The van der Waals surface area contributed by atoms with Crippen LogP contribution in [0.15, 0.2) is 0 Å². The van der Waals surface area contributed by atoms with E-state index in [1.807, 2.05) is 0 Å². The molecule has 0 radical (unpaired) electrons. The lowest BCUT2D eigenvalue weighted by Crippen LogP contribution is -2.66. The van der Waals surface area contributed by atoms with Gasteiger partial charge in [0.2, 0.25) is 0 Å². The Kier molecular flexibility index (Phi) is 3.00. The van der Waals surface area contributed by atoms with Crippen molar-refractivity contribution >= 4 is 0 Å². The molecule has 0 aromatic rings. The Morgan fingerprint density at radius 3 is 1.75 bits per heavy atom. The molecular formula is C13H27NO2. The fraction of sp³-hybridized carbons (Fsp3) is 1.00. The maximum Gasteiger partial charge on any atom is 0.0708 e. The van der Waals surface area contributed by atoms with Crippen LogP contribution < -0.4 is 6.15 Å². The highest BCUT2D eigenvalue weighted by Gasteiger charge is 2.65. The van der Waals surface area contributed by atoms with Gasteiger partial charge in [-0.15, -0.1) is 0 Å². The third-order valence-electron chi connectivity index (χ3n) is 6.07. The first-order valence-corrected chi connectivity index (χ1v) is 6.09. The van der Waals surface area contributed by atoms with Crippen LogP contribution in [0.2, 0.25) is 0 Å². The molecule has 0 spiro atoms. The van der Waals surface area contributed by atoms with Gasteiger partial charge in [-0.05, 0) is 54.8 Å². The molecule has 4 fully saturated rings. The van der Waals surface area contributed by atoms with E-state index in [0.717, 1.165) is 24.7 Å². The zero-order valence-corrected chi connectivity index (χ0v) is 10.8. The maximum atomic E-state index is 10.8. The number of rotatable bonds is 0. The number of hydrogen-bond donors (Lipinski definition) is 2. The van der Waals surface area contributed by atoms with Crippen LogP contribution in [0.25, 0.3) is 0 Å². The maximum absolute atomic E-state index is 10.8. The third-order valence-corrected chi connectivity index (χ3v) is 6.07. The van der Waals surface area contributed by atoms with Gasteiger partial charge in [-0.2, -0.15) is 0 Å². The van der Waals surface area contributed by atoms with E-state index < -0.39 is 0 Å². The molecule has 0 amide bonds. The molecule has 0 aromatic heterocycles. The molecule has 4 saturated carbocycles. The molecule has 0 heterocycles. The summed E-state index contributed by atoms with van der Waals surface area (Å²) < 4.78 is 0. The van der Waals surface area contributed by atoms with Crippen LogP contribution in [0.3, 0.4) is 0 Å². The Bertz CT molecular complexity index is 250. The van der Waals surface area contributed by atoms with E-state index in [1.54, 1.807) is 0 Å². The minimum absolute atomic E-state index is 0. The molecule has 96 valence electrons. The fourth-order valence-corrected chi connectivity index (χ4v) is 4.93.